The predicted molar refractivity (Wildman–Crippen MR) is 34.0 cm³/mol. The minimum atomic E-state index is -0.768. The summed E-state index contributed by atoms with van der Waals surface area (Å²) in [6.07, 6.45) is 0. The molecule has 0 amide bonds. The van der Waals surface area contributed by atoms with Gasteiger partial charge >= 0.3 is 5.82 Å². The lowest BCUT2D eigenvalue weighted by Gasteiger charge is -2.10. The van der Waals surface area contributed by atoms with Crippen LogP contribution in [0, 0.1) is 24.0 Å². The molecule has 0 aliphatic carbocycles. The van der Waals surface area contributed by atoms with Gasteiger partial charge in [-0.15, -0.1) is 5.03 Å². The summed E-state index contributed by atoms with van der Waals surface area (Å²) >= 11 is 0. The monoisotopic (exact) mass is 157 g/mol. The normalized spacial score (nSPS) is 9.64. The Morgan fingerprint density at radius 1 is 1.73 bits per heavy atom. The van der Waals surface area contributed by atoms with E-state index in [9.17, 15) is 10.1 Å². The highest BCUT2D eigenvalue weighted by atomic mass is 16.7. The maximum atomic E-state index is 9.95. The zero-order valence-corrected chi connectivity index (χ0v) is 6.11. The molecule has 0 aliphatic heterocycles. The second-order valence-electron chi connectivity index (χ2n) is 2.00. The van der Waals surface area contributed by atoms with E-state index >= 15 is 0 Å². The Hall–Kier alpha value is -1.66. The van der Waals surface area contributed by atoms with E-state index in [1.165, 1.54) is 0 Å². The molecular formula is C4H7N5O2. The maximum absolute atomic E-state index is 9.95. The molecule has 7 nitrogen and oxygen atoms in total. The maximum Gasteiger partial charge on any atom is 0.340 e. The van der Waals surface area contributed by atoms with Crippen molar-refractivity contribution in [2.75, 3.05) is 0 Å². The molecule has 0 atom stereocenters. The molecule has 0 saturated heterocycles. The summed E-state index contributed by atoms with van der Waals surface area (Å²) in [4.78, 5) is 9.95. The Morgan fingerprint density at radius 2 is 2.36 bits per heavy atom. The van der Waals surface area contributed by atoms with E-state index in [1.807, 2.05) is 0 Å². The molecule has 0 saturated carbocycles. The Kier molecular flexibility index (Phi) is 1.71. The molecule has 1 heterocycles. The smallest absolute Gasteiger partial charge is 0.340 e. The van der Waals surface area contributed by atoms with Gasteiger partial charge in [0.2, 0.25) is 0 Å². The van der Waals surface area contributed by atoms with Gasteiger partial charge in [-0.1, -0.05) is 5.10 Å². The zero-order chi connectivity index (χ0) is 8.43. The third-order valence-corrected chi connectivity index (χ3v) is 1.17. The molecule has 1 N–H and O–H groups in total. The molecular weight excluding hydrogens is 150 g/mol. The first-order chi connectivity index (χ1) is 5.11. The van der Waals surface area contributed by atoms with E-state index in [0.29, 0.717) is 11.6 Å². The lowest BCUT2D eigenvalue weighted by Crippen LogP contribution is -2.36. The fourth-order valence-corrected chi connectivity index (χ4v) is 0.704. The summed E-state index contributed by atoms with van der Waals surface area (Å²) in [6.45, 7) is 3.27. The minimum Gasteiger partial charge on any atom is -0.373 e. The lowest BCUT2D eigenvalue weighted by molar-refractivity contribution is -0.746. The minimum absolute atomic E-state index is 0.458. The van der Waals surface area contributed by atoms with Crippen molar-refractivity contribution in [3.63, 3.8) is 0 Å². The van der Waals surface area contributed by atoms with Gasteiger partial charge in [-0.3, -0.25) is 5.53 Å². The van der Waals surface area contributed by atoms with E-state index in [2.05, 4.69) is 15.7 Å². The molecule has 0 unspecified atom stereocenters. The summed E-state index contributed by atoms with van der Waals surface area (Å²) in [5.41, 5.74) is 3.06. The first-order valence-corrected chi connectivity index (χ1v) is 2.91. The van der Waals surface area contributed by atoms with Crippen molar-refractivity contribution in [3.8, 4) is 0 Å². The highest BCUT2D eigenvalue weighted by molar-refractivity contribution is 4.71. The van der Waals surface area contributed by atoms with Gasteiger partial charge in [-0.2, -0.15) is 0 Å². The van der Waals surface area contributed by atoms with Crippen LogP contribution in [0.4, 0.5) is 0 Å². The van der Waals surface area contributed by atoms with E-state index in [-0.39, 0.29) is 0 Å². The number of aromatic amines is 1. The molecule has 0 aliphatic rings. The number of H-pyrrole nitrogens is 1. The van der Waals surface area contributed by atoms with E-state index < -0.39 is 5.03 Å². The van der Waals surface area contributed by atoms with Gasteiger partial charge in [-0.05, 0) is 0 Å². The first-order valence-electron chi connectivity index (χ1n) is 2.91. The first kappa shape index (κ1) is 7.45. The van der Waals surface area contributed by atoms with Gasteiger partial charge in [0.05, 0.1) is 0 Å². The predicted octanol–water partition coefficient (Wildman–Crippen LogP) is -0.357. The molecule has 7 heteroatoms. The summed E-state index contributed by atoms with van der Waals surface area (Å²) in [6, 6.07) is 0. The third-order valence-electron chi connectivity index (χ3n) is 1.17. The quantitative estimate of drug-likeness (QED) is 0.361. The van der Waals surface area contributed by atoms with Crippen molar-refractivity contribution < 1.29 is 9.71 Å². The lowest BCUT2D eigenvalue weighted by atomic mass is 10.7. The van der Waals surface area contributed by atoms with Crippen LogP contribution in [0.25, 0.3) is 5.53 Å². The highest BCUT2D eigenvalue weighted by Crippen LogP contribution is 1.89. The van der Waals surface area contributed by atoms with Crippen molar-refractivity contribution in [2.45, 2.75) is 13.8 Å². The average Bonchev–Trinajstić information content (AvgIpc) is 2.18. The number of rotatable bonds is 2. The van der Waals surface area contributed by atoms with Crippen molar-refractivity contribution in [1.29, 1.82) is 0 Å². The average molecular weight is 157 g/mol. The highest BCUT2D eigenvalue weighted by Gasteiger charge is 2.11. The van der Waals surface area contributed by atoms with Crippen LogP contribution >= 0.6 is 0 Å². The number of aryl methyl sites for hydroxylation is 2. The standard InChI is InChI=1S/C4H7N5O2/c1-3-5-6-4(2)8(3)7-9(10)11/h5H,1-2H3. The fourth-order valence-electron chi connectivity index (χ4n) is 0.704. The SMILES string of the molecule is Cc1n[nH]c(C)[n+]1[N-][N+](=O)[O-]. The number of hydrogen-bond acceptors (Lipinski definition) is 3. The number of nitrogens with zero attached hydrogens (tertiary/aromatic N) is 4. The van der Waals surface area contributed by atoms with Crippen LogP contribution in [0.3, 0.4) is 0 Å². The molecule has 1 rings (SSSR count). The van der Waals surface area contributed by atoms with Crippen LogP contribution in [0.2, 0.25) is 0 Å². The van der Waals surface area contributed by atoms with E-state index in [1.54, 1.807) is 13.8 Å². The number of nitro groups is 1. The molecule has 0 aromatic carbocycles. The van der Waals surface area contributed by atoms with Crippen LogP contribution in [-0.4, -0.2) is 15.2 Å². The largest absolute Gasteiger partial charge is 0.373 e. The third kappa shape index (κ3) is 1.42. The molecule has 0 radical (unpaired) electrons. The Bertz CT molecular complexity index is 261. The van der Waals surface area contributed by atoms with Gasteiger partial charge in [0.15, 0.2) is 0 Å². The van der Waals surface area contributed by atoms with Crippen LogP contribution in [0.15, 0.2) is 0 Å². The summed E-state index contributed by atoms with van der Waals surface area (Å²) in [5.74, 6) is 0.985. The Morgan fingerprint density at radius 3 is 2.73 bits per heavy atom. The zero-order valence-electron chi connectivity index (χ0n) is 6.11. The van der Waals surface area contributed by atoms with Gasteiger partial charge in [-0.25, -0.2) is 4.68 Å². The topological polar surface area (TPSA) is 89.8 Å². The van der Waals surface area contributed by atoms with Crippen LogP contribution in [0.1, 0.15) is 11.6 Å². The van der Waals surface area contributed by atoms with Gasteiger partial charge in [0, 0.05) is 13.8 Å². The van der Waals surface area contributed by atoms with Crippen molar-refractivity contribution in [3.05, 3.63) is 27.3 Å². The van der Waals surface area contributed by atoms with E-state index in [4.69, 9.17) is 0 Å². The fraction of sp³-hybridized carbons (Fsp3) is 0.500. The molecule has 1 aromatic heterocycles. The molecule has 0 bridgehead atoms. The van der Waals surface area contributed by atoms with Crippen molar-refractivity contribution in [2.24, 2.45) is 0 Å². The summed E-state index contributed by atoms with van der Waals surface area (Å²) < 4.78 is 1.12. The second-order valence-corrected chi connectivity index (χ2v) is 2.00. The summed E-state index contributed by atoms with van der Waals surface area (Å²) in [5, 5.41) is 15.4. The molecule has 0 fully saturated rings. The van der Waals surface area contributed by atoms with E-state index in [0.717, 1.165) is 4.68 Å². The van der Waals surface area contributed by atoms with Gasteiger partial charge < -0.3 is 10.1 Å². The van der Waals surface area contributed by atoms with Crippen LogP contribution in [0.5, 0.6) is 0 Å². The van der Waals surface area contributed by atoms with Crippen LogP contribution < -0.4 is 4.68 Å². The molecule has 0 spiro atoms. The number of aromatic nitrogens is 3. The second kappa shape index (κ2) is 2.52. The van der Waals surface area contributed by atoms with Crippen molar-refractivity contribution in [1.82, 2.24) is 10.2 Å². The molecule has 60 valence electrons. The Balaban J connectivity index is 2.92. The Labute approximate surface area is 62.1 Å². The summed E-state index contributed by atoms with van der Waals surface area (Å²) in [7, 11) is 0. The van der Waals surface area contributed by atoms with Crippen molar-refractivity contribution >= 4 is 0 Å². The number of nitrogens with one attached hydrogen (secondary N) is 1. The molecule has 11 heavy (non-hydrogen) atoms. The van der Waals surface area contributed by atoms with Gasteiger partial charge in [0.1, 0.15) is 5.10 Å². The number of hydrogen-bond donors (Lipinski definition) is 1. The van der Waals surface area contributed by atoms with Gasteiger partial charge in [0.25, 0.3) is 5.82 Å². The van der Waals surface area contributed by atoms with Crippen LogP contribution in [-0.2, 0) is 0 Å². The molecule has 1 aromatic rings.